The molecule has 0 radical (unpaired) electrons. The summed E-state index contributed by atoms with van der Waals surface area (Å²) >= 11 is 0. The molecule has 1 aromatic carbocycles. The minimum Gasteiger partial charge on any atom is -0.350 e. The van der Waals surface area contributed by atoms with Gasteiger partial charge in [0.1, 0.15) is 6.04 Å². The second-order valence-electron chi connectivity index (χ2n) is 6.85. The van der Waals surface area contributed by atoms with Crippen LogP contribution in [0.15, 0.2) is 30.3 Å². The number of carbonyl (C=O) groups is 1. The maximum atomic E-state index is 13.5. The molecule has 2 aromatic rings. The van der Waals surface area contributed by atoms with E-state index in [0.717, 1.165) is 5.69 Å². The first-order valence-electron chi connectivity index (χ1n) is 9.20. The molecule has 2 N–H and O–H groups in total. The van der Waals surface area contributed by atoms with Crippen molar-refractivity contribution in [3.63, 3.8) is 0 Å². The molecular formula is C19H24F3N5O. The Morgan fingerprint density at radius 3 is 2.46 bits per heavy atom. The van der Waals surface area contributed by atoms with Crippen molar-refractivity contribution in [2.75, 3.05) is 32.7 Å². The summed E-state index contributed by atoms with van der Waals surface area (Å²) < 4.78 is 42.2. The van der Waals surface area contributed by atoms with E-state index in [2.05, 4.69) is 15.7 Å². The Labute approximate surface area is 161 Å². The van der Waals surface area contributed by atoms with Gasteiger partial charge in [-0.1, -0.05) is 18.2 Å². The lowest BCUT2D eigenvalue weighted by molar-refractivity contribution is -0.183. The van der Waals surface area contributed by atoms with Crippen LogP contribution in [0.4, 0.5) is 13.2 Å². The third-order valence-corrected chi connectivity index (χ3v) is 4.95. The smallest absolute Gasteiger partial charge is 0.350 e. The van der Waals surface area contributed by atoms with Crippen LogP contribution in [0.3, 0.4) is 0 Å². The van der Waals surface area contributed by atoms with Crippen molar-refractivity contribution in [3.05, 3.63) is 47.3 Å². The number of aromatic nitrogens is 2. The van der Waals surface area contributed by atoms with E-state index in [9.17, 15) is 18.0 Å². The monoisotopic (exact) mass is 395 g/mol. The molecule has 3 rings (SSSR count). The van der Waals surface area contributed by atoms with Gasteiger partial charge in [-0.25, -0.2) is 4.68 Å². The fourth-order valence-electron chi connectivity index (χ4n) is 3.52. The van der Waals surface area contributed by atoms with E-state index in [-0.39, 0.29) is 0 Å². The van der Waals surface area contributed by atoms with E-state index >= 15 is 0 Å². The highest BCUT2D eigenvalue weighted by atomic mass is 19.4. The van der Waals surface area contributed by atoms with Gasteiger partial charge in [0.25, 0.3) is 5.91 Å². The zero-order valence-corrected chi connectivity index (χ0v) is 15.9. The van der Waals surface area contributed by atoms with Gasteiger partial charge in [-0.2, -0.15) is 18.3 Å². The van der Waals surface area contributed by atoms with Crippen LogP contribution in [0.5, 0.6) is 0 Å². The van der Waals surface area contributed by atoms with E-state index in [1.807, 2.05) is 30.3 Å². The number of carbonyl (C=O) groups excluding carboxylic acids is 1. The minimum absolute atomic E-state index is 0.296. The molecule has 1 aliphatic heterocycles. The van der Waals surface area contributed by atoms with E-state index < -0.39 is 24.7 Å². The molecule has 152 valence electrons. The number of nitrogens with zero attached hydrogens (tertiary/aromatic N) is 3. The number of nitrogens with one attached hydrogen (secondary N) is 2. The van der Waals surface area contributed by atoms with Crippen molar-refractivity contribution in [1.29, 1.82) is 0 Å². The normalized spacial score (nSPS) is 16.8. The van der Waals surface area contributed by atoms with Gasteiger partial charge in [-0.3, -0.25) is 9.69 Å². The lowest BCUT2D eigenvalue weighted by atomic mass is 10.1. The van der Waals surface area contributed by atoms with Gasteiger partial charge in [-0.05, 0) is 26.0 Å². The number of amides is 1. The second-order valence-corrected chi connectivity index (χ2v) is 6.85. The van der Waals surface area contributed by atoms with Crippen molar-refractivity contribution in [1.82, 2.24) is 25.3 Å². The predicted molar refractivity (Wildman–Crippen MR) is 99.7 cm³/mol. The number of piperazine rings is 1. The number of alkyl halides is 3. The van der Waals surface area contributed by atoms with Crippen LogP contribution in [0, 0.1) is 13.8 Å². The molecule has 1 amide bonds. The highest BCUT2D eigenvalue weighted by Gasteiger charge is 2.44. The van der Waals surface area contributed by atoms with Crippen molar-refractivity contribution in [2.24, 2.45) is 0 Å². The van der Waals surface area contributed by atoms with Crippen molar-refractivity contribution >= 4 is 5.91 Å². The third-order valence-electron chi connectivity index (χ3n) is 4.95. The quantitative estimate of drug-likeness (QED) is 0.814. The highest BCUT2D eigenvalue weighted by Crippen LogP contribution is 2.25. The van der Waals surface area contributed by atoms with Crippen LogP contribution in [0.2, 0.25) is 0 Å². The molecule has 2 heterocycles. The molecule has 6 nitrogen and oxygen atoms in total. The van der Waals surface area contributed by atoms with Crippen LogP contribution in [0.1, 0.15) is 21.7 Å². The first-order chi connectivity index (χ1) is 13.3. The molecule has 1 aliphatic rings. The lowest BCUT2D eigenvalue weighted by Gasteiger charge is -2.35. The molecule has 0 saturated carbocycles. The van der Waals surface area contributed by atoms with Gasteiger partial charge < -0.3 is 10.6 Å². The topological polar surface area (TPSA) is 62.2 Å². The molecule has 1 fully saturated rings. The number of hydrogen-bond acceptors (Lipinski definition) is 4. The average Bonchev–Trinajstić information content (AvgIpc) is 2.96. The maximum absolute atomic E-state index is 13.5. The van der Waals surface area contributed by atoms with Gasteiger partial charge >= 0.3 is 6.18 Å². The first kappa shape index (κ1) is 20.3. The molecule has 0 bridgehead atoms. The van der Waals surface area contributed by atoms with Gasteiger partial charge in [-0.15, -0.1) is 0 Å². The zero-order valence-electron chi connectivity index (χ0n) is 15.9. The van der Waals surface area contributed by atoms with Gasteiger partial charge in [0.15, 0.2) is 0 Å². The number of benzene rings is 1. The van der Waals surface area contributed by atoms with Crippen LogP contribution in [0.25, 0.3) is 5.69 Å². The molecule has 1 atom stereocenters. The number of aryl methyl sites for hydroxylation is 1. The number of hydrogen-bond donors (Lipinski definition) is 2. The largest absolute Gasteiger partial charge is 0.405 e. The summed E-state index contributed by atoms with van der Waals surface area (Å²) in [6.07, 6.45) is -4.41. The molecular weight excluding hydrogens is 371 g/mol. The van der Waals surface area contributed by atoms with Gasteiger partial charge in [0.2, 0.25) is 0 Å². The van der Waals surface area contributed by atoms with E-state index in [1.54, 1.807) is 18.5 Å². The third kappa shape index (κ3) is 4.36. The molecule has 0 aliphatic carbocycles. The Morgan fingerprint density at radius 1 is 1.21 bits per heavy atom. The Kier molecular flexibility index (Phi) is 6.04. The fourth-order valence-corrected chi connectivity index (χ4v) is 3.52. The van der Waals surface area contributed by atoms with Crippen molar-refractivity contribution in [2.45, 2.75) is 26.1 Å². The SMILES string of the molecule is Cc1nn(-c2ccccc2)c(C)c1C(=O)NCC(N1CCNCC1)C(F)(F)F. The molecule has 9 heteroatoms. The van der Waals surface area contributed by atoms with Crippen LogP contribution >= 0.6 is 0 Å². The maximum Gasteiger partial charge on any atom is 0.405 e. The van der Waals surface area contributed by atoms with Crippen LogP contribution in [-0.4, -0.2) is 65.5 Å². The van der Waals surface area contributed by atoms with Crippen molar-refractivity contribution < 1.29 is 18.0 Å². The van der Waals surface area contributed by atoms with E-state index in [4.69, 9.17) is 0 Å². The summed E-state index contributed by atoms with van der Waals surface area (Å²) in [5.74, 6) is -0.540. The number of rotatable bonds is 5. The number of halogens is 3. The Hall–Kier alpha value is -2.39. The summed E-state index contributed by atoms with van der Waals surface area (Å²) in [5.41, 5.74) is 2.16. The second kappa shape index (κ2) is 8.32. The lowest BCUT2D eigenvalue weighted by Crippen LogP contribution is -2.57. The highest BCUT2D eigenvalue weighted by molar-refractivity contribution is 5.96. The molecule has 28 heavy (non-hydrogen) atoms. The standard InChI is InChI=1S/C19H24F3N5O/c1-13-17(14(2)27(25-13)15-6-4-3-5-7-15)18(28)24-12-16(19(20,21)22)26-10-8-23-9-11-26/h3-7,16,23H,8-12H2,1-2H3,(H,24,28). The molecule has 1 aromatic heterocycles. The summed E-state index contributed by atoms with van der Waals surface area (Å²) in [7, 11) is 0. The molecule has 0 spiro atoms. The van der Waals surface area contributed by atoms with E-state index in [1.165, 1.54) is 4.90 Å². The summed E-state index contributed by atoms with van der Waals surface area (Å²) in [5, 5.41) is 9.89. The van der Waals surface area contributed by atoms with Crippen LogP contribution in [-0.2, 0) is 0 Å². The summed E-state index contributed by atoms with van der Waals surface area (Å²) in [6.45, 7) is 4.52. The number of para-hydroxylation sites is 1. The minimum atomic E-state index is -4.41. The molecule has 1 saturated heterocycles. The fraction of sp³-hybridized carbons (Fsp3) is 0.474. The molecule has 1 unspecified atom stereocenters. The summed E-state index contributed by atoms with van der Waals surface area (Å²) in [6, 6.07) is 7.58. The first-order valence-corrected chi connectivity index (χ1v) is 9.20. The zero-order chi connectivity index (χ0) is 20.3. The Bertz CT molecular complexity index is 813. The van der Waals surface area contributed by atoms with Gasteiger partial charge in [0.05, 0.1) is 22.6 Å². The van der Waals surface area contributed by atoms with E-state index in [0.29, 0.717) is 43.1 Å². The average molecular weight is 395 g/mol. The summed E-state index contributed by atoms with van der Waals surface area (Å²) in [4.78, 5) is 14.0. The van der Waals surface area contributed by atoms with Gasteiger partial charge in [0, 0.05) is 32.7 Å². The Balaban J connectivity index is 1.76. The Morgan fingerprint density at radius 2 is 1.86 bits per heavy atom. The van der Waals surface area contributed by atoms with Crippen molar-refractivity contribution in [3.8, 4) is 5.69 Å². The van der Waals surface area contributed by atoms with Crippen LogP contribution < -0.4 is 10.6 Å². The predicted octanol–water partition coefficient (Wildman–Crippen LogP) is 2.06.